The van der Waals surface area contributed by atoms with E-state index in [1.54, 1.807) is 0 Å². The summed E-state index contributed by atoms with van der Waals surface area (Å²) in [7, 11) is -1.00. The molecule has 21 heavy (non-hydrogen) atoms. The fourth-order valence-electron chi connectivity index (χ4n) is 1.32. The lowest BCUT2D eigenvalue weighted by Crippen LogP contribution is -1.73. The molecule has 2 aromatic carbocycles. The third-order valence-corrected chi connectivity index (χ3v) is 2.08. The molecule has 0 bridgehead atoms. The molecule has 0 fully saturated rings. The summed E-state index contributed by atoms with van der Waals surface area (Å²) in [5.41, 5.74) is 2.55. The van der Waals surface area contributed by atoms with Crippen LogP contribution in [0.5, 0.6) is 0 Å². The van der Waals surface area contributed by atoms with E-state index in [-0.39, 0.29) is 0 Å². The second-order valence-corrected chi connectivity index (χ2v) is 3.34. The van der Waals surface area contributed by atoms with E-state index >= 15 is 0 Å². The van der Waals surface area contributed by atoms with E-state index in [2.05, 4.69) is 58.8 Å². The largest absolute Gasteiger partial charge is 0.577 e. The molecular formula is C14H14BF2N2O2. The Bertz CT molecular complexity index is 463. The Labute approximate surface area is 122 Å². The first-order valence-electron chi connectivity index (χ1n) is 5.76. The van der Waals surface area contributed by atoms with Crippen LogP contribution in [0.3, 0.4) is 0 Å². The minimum Gasteiger partial charge on any atom is -0.411 e. The zero-order valence-corrected chi connectivity index (χ0v) is 11.1. The summed E-state index contributed by atoms with van der Waals surface area (Å²) in [6, 6.07) is 20.8. The van der Waals surface area contributed by atoms with Crippen LogP contribution in [0.4, 0.5) is 8.63 Å². The molecule has 0 amide bonds. The van der Waals surface area contributed by atoms with Crippen LogP contribution in [0.15, 0.2) is 71.0 Å². The van der Waals surface area contributed by atoms with Gasteiger partial charge in [-0.2, -0.15) is 0 Å². The van der Waals surface area contributed by atoms with Crippen LogP contribution in [0.1, 0.15) is 0 Å². The molecule has 1 radical (unpaired) electrons. The Morgan fingerprint density at radius 2 is 1.00 bits per heavy atom. The lowest BCUT2D eigenvalue weighted by atomic mass is 10.1. The zero-order valence-electron chi connectivity index (χ0n) is 11.1. The summed E-state index contributed by atoms with van der Waals surface area (Å²) in [6.07, 6.45) is 1.89. The Balaban J connectivity index is 0.000000378. The first kappa shape index (κ1) is 18.3. The molecule has 0 heterocycles. The SMILES string of the molecule is F[B]F.ON=CC=NO.c1ccc(-c2ccccc2)cc1. The molecule has 0 unspecified atom stereocenters. The van der Waals surface area contributed by atoms with Crippen molar-refractivity contribution in [3.05, 3.63) is 60.7 Å². The van der Waals surface area contributed by atoms with E-state index < -0.39 is 7.83 Å². The van der Waals surface area contributed by atoms with Gasteiger partial charge in [-0.15, -0.1) is 0 Å². The minimum atomic E-state index is -1.00. The van der Waals surface area contributed by atoms with Crippen LogP contribution in [0, 0.1) is 0 Å². The highest BCUT2D eigenvalue weighted by molar-refractivity contribution is 6.15. The van der Waals surface area contributed by atoms with Gasteiger partial charge in [-0.1, -0.05) is 71.0 Å². The fraction of sp³-hybridized carbons (Fsp3) is 0. The molecule has 0 aromatic heterocycles. The van der Waals surface area contributed by atoms with Crippen LogP contribution in [-0.2, 0) is 0 Å². The molecule has 4 nitrogen and oxygen atoms in total. The van der Waals surface area contributed by atoms with Crippen molar-refractivity contribution in [2.45, 2.75) is 0 Å². The van der Waals surface area contributed by atoms with Crippen LogP contribution in [0.25, 0.3) is 11.1 Å². The highest BCUT2D eigenvalue weighted by atomic mass is 19.2. The van der Waals surface area contributed by atoms with E-state index in [4.69, 9.17) is 10.4 Å². The second-order valence-electron chi connectivity index (χ2n) is 3.34. The molecule has 109 valence electrons. The first-order valence-corrected chi connectivity index (χ1v) is 5.76. The summed E-state index contributed by atoms with van der Waals surface area (Å²) in [4.78, 5) is 0. The smallest absolute Gasteiger partial charge is 0.411 e. The molecule has 0 saturated heterocycles. The second kappa shape index (κ2) is 13.7. The number of halogens is 2. The molecule has 2 aromatic rings. The summed E-state index contributed by atoms with van der Waals surface area (Å²) >= 11 is 0. The molecule has 0 spiro atoms. The van der Waals surface area contributed by atoms with Crippen molar-refractivity contribution in [2.75, 3.05) is 0 Å². The van der Waals surface area contributed by atoms with Gasteiger partial charge >= 0.3 is 7.83 Å². The highest BCUT2D eigenvalue weighted by Gasteiger charge is 1.91. The van der Waals surface area contributed by atoms with E-state index in [0.29, 0.717) is 0 Å². The van der Waals surface area contributed by atoms with Crippen LogP contribution < -0.4 is 0 Å². The fourth-order valence-corrected chi connectivity index (χ4v) is 1.32. The van der Waals surface area contributed by atoms with E-state index in [0.717, 1.165) is 12.4 Å². The molecule has 2 N–H and O–H groups in total. The number of hydrogen-bond acceptors (Lipinski definition) is 4. The van der Waals surface area contributed by atoms with Crippen molar-refractivity contribution in [3.8, 4) is 11.1 Å². The Kier molecular flexibility index (Phi) is 12.0. The quantitative estimate of drug-likeness (QED) is 0.383. The van der Waals surface area contributed by atoms with Crippen LogP contribution in [0.2, 0.25) is 0 Å². The molecule has 0 aliphatic carbocycles. The van der Waals surface area contributed by atoms with E-state index in [1.807, 2.05) is 12.1 Å². The van der Waals surface area contributed by atoms with E-state index in [1.165, 1.54) is 11.1 Å². The Hall–Kier alpha value is -2.70. The number of nitrogens with zero attached hydrogens (tertiary/aromatic N) is 2. The summed E-state index contributed by atoms with van der Waals surface area (Å²) in [5.74, 6) is 0. The summed E-state index contributed by atoms with van der Waals surface area (Å²) < 4.78 is 19.0. The molecule has 0 atom stereocenters. The maximum atomic E-state index is 9.50. The minimum absolute atomic E-state index is 0.944. The maximum Gasteiger partial charge on any atom is 0.577 e. The van der Waals surface area contributed by atoms with Crippen molar-refractivity contribution < 1.29 is 19.0 Å². The van der Waals surface area contributed by atoms with Gasteiger partial charge in [0.25, 0.3) is 0 Å². The molecule has 7 heteroatoms. The molecular weight excluding hydrogens is 277 g/mol. The van der Waals surface area contributed by atoms with Crippen LogP contribution >= 0.6 is 0 Å². The van der Waals surface area contributed by atoms with Crippen molar-refractivity contribution in [1.82, 2.24) is 0 Å². The van der Waals surface area contributed by atoms with E-state index in [9.17, 15) is 8.63 Å². The van der Waals surface area contributed by atoms with Gasteiger partial charge in [0.1, 0.15) is 0 Å². The van der Waals surface area contributed by atoms with Gasteiger partial charge in [0.05, 0.1) is 12.4 Å². The molecule has 0 saturated carbocycles. The lowest BCUT2D eigenvalue weighted by molar-refractivity contribution is 0.317. The van der Waals surface area contributed by atoms with Gasteiger partial charge in [0, 0.05) is 0 Å². The monoisotopic (exact) mass is 291 g/mol. The number of oxime groups is 2. The predicted molar refractivity (Wildman–Crippen MR) is 80.4 cm³/mol. The Morgan fingerprint density at radius 3 is 1.24 bits per heavy atom. The van der Waals surface area contributed by atoms with Gasteiger partial charge in [0.2, 0.25) is 0 Å². The van der Waals surface area contributed by atoms with Gasteiger partial charge < -0.3 is 10.4 Å². The average molecular weight is 291 g/mol. The standard InChI is InChI=1S/C12H10.C2H4N2O2.BF2/c1-3-7-11(8-4-1)12-9-5-2-6-10-12;5-3-1-2-4-6;2-1-3/h1-10H;1-2,5-6H;. The number of rotatable bonds is 2. The normalized spacial score (nSPS) is 9.43. The summed E-state index contributed by atoms with van der Waals surface area (Å²) in [6.45, 7) is 0. The van der Waals surface area contributed by atoms with Gasteiger partial charge in [-0.25, -0.2) is 0 Å². The number of hydrogen-bond donors (Lipinski definition) is 2. The number of benzene rings is 2. The van der Waals surface area contributed by atoms with Crippen molar-refractivity contribution in [3.63, 3.8) is 0 Å². The zero-order chi connectivity index (χ0) is 15.8. The first-order chi connectivity index (χ1) is 10.3. The highest BCUT2D eigenvalue weighted by Crippen LogP contribution is 2.17. The van der Waals surface area contributed by atoms with Crippen molar-refractivity contribution in [1.29, 1.82) is 0 Å². The summed E-state index contributed by atoms with van der Waals surface area (Å²) in [5, 5.41) is 20.1. The van der Waals surface area contributed by atoms with Gasteiger partial charge in [0.15, 0.2) is 0 Å². The molecule has 0 aliphatic heterocycles. The Morgan fingerprint density at radius 1 is 0.714 bits per heavy atom. The van der Waals surface area contributed by atoms with Gasteiger partial charge in [-0.3, -0.25) is 8.63 Å². The average Bonchev–Trinajstić information content (AvgIpc) is 2.56. The van der Waals surface area contributed by atoms with Gasteiger partial charge in [-0.05, 0) is 11.1 Å². The predicted octanol–water partition coefficient (Wildman–Crippen LogP) is 3.72. The van der Waals surface area contributed by atoms with Crippen molar-refractivity contribution >= 4 is 20.3 Å². The topological polar surface area (TPSA) is 65.2 Å². The third kappa shape index (κ3) is 9.83. The third-order valence-electron chi connectivity index (χ3n) is 2.08. The molecule has 0 aliphatic rings. The van der Waals surface area contributed by atoms with Crippen LogP contribution in [-0.4, -0.2) is 30.7 Å². The lowest BCUT2D eigenvalue weighted by Gasteiger charge is -1.98. The van der Waals surface area contributed by atoms with Crippen molar-refractivity contribution in [2.24, 2.45) is 10.3 Å². The maximum absolute atomic E-state index is 9.50. The molecule has 2 rings (SSSR count).